The van der Waals surface area contributed by atoms with E-state index in [0.717, 1.165) is 32.5 Å². The summed E-state index contributed by atoms with van der Waals surface area (Å²) in [7, 11) is 0. The predicted octanol–water partition coefficient (Wildman–Crippen LogP) is 2.88. The van der Waals surface area contributed by atoms with E-state index in [1.54, 1.807) is 0 Å². The fourth-order valence-electron chi connectivity index (χ4n) is 1.95. The largest absolute Gasteiger partial charge is 0.328 e. The molecule has 0 saturated carbocycles. The topological polar surface area (TPSA) is 29.3 Å². The monoisotopic (exact) mass is 222 g/mol. The maximum absolute atomic E-state index is 5.86. The number of nitrogens with zero attached hydrogens (tertiary/aromatic N) is 1. The van der Waals surface area contributed by atoms with E-state index < -0.39 is 0 Å². The van der Waals surface area contributed by atoms with Gasteiger partial charge in [0.05, 0.1) is 0 Å². The second kappa shape index (κ2) is 7.42. The first kappa shape index (κ1) is 13.2. The van der Waals surface area contributed by atoms with Crippen molar-refractivity contribution in [3.05, 3.63) is 35.9 Å². The molecule has 1 aliphatic rings. The Hall–Kier alpha value is -0.860. The number of hydrogen-bond donors (Lipinski definition) is 1. The van der Waals surface area contributed by atoms with Gasteiger partial charge in [-0.3, -0.25) is 4.90 Å². The van der Waals surface area contributed by atoms with E-state index in [2.05, 4.69) is 35.2 Å². The minimum Gasteiger partial charge on any atom is -0.328 e. The molecule has 1 fully saturated rings. The van der Waals surface area contributed by atoms with Crippen molar-refractivity contribution in [2.24, 2.45) is 5.73 Å². The van der Waals surface area contributed by atoms with E-state index >= 15 is 0 Å². The van der Waals surface area contributed by atoms with Crippen molar-refractivity contribution in [3.8, 4) is 0 Å². The van der Waals surface area contributed by atoms with Gasteiger partial charge in [0.15, 0.2) is 0 Å². The highest BCUT2D eigenvalue weighted by atomic mass is 15.1. The zero-order valence-electron chi connectivity index (χ0n) is 10.5. The third-order valence-corrected chi connectivity index (χ3v) is 2.88. The molecule has 1 aliphatic heterocycles. The van der Waals surface area contributed by atoms with Crippen LogP contribution < -0.4 is 5.73 Å². The molecule has 1 heterocycles. The minimum atomic E-state index is 0. The van der Waals surface area contributed by atoms with Crippen LogP contribution in [0.15, 0.2) is 30.3 Å². The summed E-state index contributed by atoms with van der Waals surface area (Å²) < 4.78 is 0. The molecule has 1 aromatic carbocycles. The first-order chi connectivity index (χ1) is 7.84. The van der Waals surface area contributed by atoms with E-state index in [-0.39, 0.29) is 1.43 Å². The van der Waals surface area contributed by atoms with Crippen LogP contribution in [0.2, 0.25) is 0 Å². The van der Waals surface area contributed by atoms with Crippen LogP contribution >= 0.6 is 0 Å². The highest BCUT2D eigenvalue weighted by Gasteiger charge is 2.15. The lowest BCUT2D eigenvalue weighted by Crippen LogP contribution is -2.39. The Balaban J connectivity index is 0.000000811. The number of likely N-dealkylation sites (tertiary alicyclic amines) is 1. The molecule has 1 aromatic rings. The molecule has 0 radical (unpaired) electrons. The molecule has 0 aromatic heterocycles. The van der Waals surface area contributed by atoms with Crippen LogP contribution in [0.3, 0.4) is 0 Å². The summed E-state index contributed by atoms with van der Waals surface area (Å²) in [4.78, 5) is 2.48. The van der Waals surface area contributed by atoms with Crippen LogP contribution in [0.1, 0.15) is 33.7 Å². The van der Waals surface area contributed by atoms with Crippen LogP contribution in [0.4, 0.5) is 0 Å². The Morgan fingerprint density at radius 2 is 1.75 bits per heavy atom. The molecule has 0 unspecified atom stereocenters. The average Bonchev–Trinajstić information content (AvgIpc) is 2.36. The summed E-state index contributed by atoms with van der Waals surface area (Å²) in [5, 5.41) is 0. The fraction of sp³-hybridized carbons (Fsp3) is 0.571. The van der Waals surface area contributed by atoms with Crippen LogP contribution in [0.5, 0.6) is 0 Å². The van der Waals surface area contributed by atoms with Crippen molar-refractivity contribution >= 4 is 0 Å². The smallest absolute Gasteiger partial charge is 0.0233 e. The van der Waals surface area contributed by atoms with Crippen LogP contribution in [-0.2, 0) is 6.54 Å². The Morgan fingerprint density at radius 1 is 1.19 bits per heavy atom. The van der Waals surface area contributed by atoms with Gasteiger partial charge in [0, 0.05) is 14.0 Å². The molecule has 0 atom stereocenters. The maximum Gasteiger partial charge on any atom is 0.0233 e. The molecule has 2 heteroatoms. The predicted molar refractivity (Wildman–Crippen MR) is 72.4 cm³/mol. The van der Waals surface area contributed by atoms with Gasteiger partial charge in [-0.2, -0.15) is 0 Å². The highest BCUT2D eigenvalue weighted by Crippen LogP contribution is 2.11. The highest BCUT2D eigenvalue weighted by molar-refractivity contribution is 5.14. The van der Waals surface area contributed by atoms with Gasteiger partial charge in [-0.15, -0.1) is 0 Å². The molecule has 0 amide bonds. The summed E-state index contributed by atoms with van der Waals surface area (Å²) in [6, 6.07) is 11.1. The standard InChI is InChI=1S/C12H18N2.C2H6.H2/c13-12-6-8-14(9-7-12)10-11-4-2-1-3-5-11;1-2;/h1-5,12H,6-10,13H2;1-2H3;1H. The number of nitrogens with two attached hydrogens (primary N) is 1. The zero-order valence-corrected chi connectivity index (χ0v) is 10.5. The molecule has 2 rings (SSSR count). The van der Waals surface area contributed by atoms with Crippen molar-refractivity contribution in [1.29, 1.82) is 0 Å². The van der Waals surface area contributed by atoms with E-state index in [1.165, 1.54) is 5.56 Å². The molecule has 0 bridgehead atoms. The molecular formula is C14H26N2. The Morgan fingerprint density at radius 3 is 2.31 bits per heavy atom. The first-order valence-corrected chi connectivity index (χ1v) is 6.36. The Bertz CT molecular complexity index is 269. The van der Waals surface area contributed by atoms with Crippen molar-refractivity contribution < 1.29 is 1.43 Å². The number of benzene rings is 1. The average molecular weight is 222 g/mol. The second-order valence-corrected chi connectivity index (χ2v) is 4.10. The maximum atomic E-state index is 5.86. The lowest BCUT2D eigenvalue weighted by Gasteiger charge is -2.29. The molecule has 0 aliphatic carbocycles. The SMILES string of the molecule is CC.NC1CCN(Cc2ccccc2)CC1.[HH]. The van der Waals surface area contributed by atoms with Crippen LogP contribution in [0.25, 0.3) is 0 Å². The van der Waals surface area contributed by atoms with Crippen molar-refractivity contribution in [1.82, 2.24) is 4.90 Å². The van der Waals surface area contributed by atoms with Crippen LogP contribution in [-0.4, -0.2) is 24.0 Å². The Kier molecular flexibility index (Phi) is 6.12. The fourth-order valence-corrected chi connectivity index (χ4v) is 1.95. The molecule has 2 N–H and O–H groups in total. The van der Waals surface area contributed by atoms with Crippen LogP contribution in [0, 0.1) is 0 Å². The molecule has 92 valence electrons. The van der Waals surface area contributed by atoms with Gasteiger partial charge in [-0.05, 0) is 31.5 Å². The Labute approximate surface area is 101 Å². The van der Waals surface area contributed by atoms with Gasteiger partial charge in [0.1, 0.15) is 0 Å². The molecule has 2 nitrogen and oxygen atoms in total. The van der Waals surface area contributed by atoms with E-state index in [1.807, 2.05) is 13.8 Å². The molecule has 1 saturated heterocycles. The summed E-state index contributed by atoms with van der Waals surface area (Å²) in [5.41, 5.74) is 7.27. The van der Waals surface area contributed by atoms with E-state index in [9.17, 15) is 0 Å². The van der Waals surface area contributed by atoms with Gasteiger partial charge in [0.2, 0.25) is 0 Å². The third-order valence-electron chi connectivity index (χ3n) is 2.88. The molecular weight excluding hydrogens is 196 g/mol. The van der Waals surface area contributed by atoms with Crippen molar-refractivity contribution in [2.45, 2.75) is 39.3 Å². The van der Waals surface area contributed by atoms with Gasteiger partial charge in [-0.25, -0.2) is 0 Å². The molecule has 16 heavy (non-hydrogen) atoms. The van der Waals surface area contributed by atoms with Crippen molar-refractivity contribution in [3.63, 3.8) is 0 Å². The van der Waals surface area contributed by atoms with Crippen molar-refractivity contribution in [2.75, 3.05) is 13.1 Å². The quantitative estimate of drug-likeness (QED) is 0.833. The van der Waals surface area contributed by atoms with Gasteiger partial charge < -0.3 is 5.73 Å². The summed E-state index contributed by atoms with van der Waals surface area (Å²) in [6.07, 6.45) is 2.29. The lowest BCUT2D eigenvalue weighted by molar-refractivity contribution is 0.205. The van der Waals surface area contributed by atoms with Gasteiger partial charge in [-0.1, -0.05) is 44.2 Å². The third kappa shape index (κ3) is 4.33. The minimum absolute atomic E-state index is 0. The second-order valence-electron chi connectivity index (χ2n) is 4.10. The summed E-state index contributed by atoms with van der Waals surface area (Å²) in [6.45, 7) is 7.37. The van der Waals surface area contributed by atoms with E-state index in [4.69, 9.17) is 5.73 Å². The summed E-state index contributed by atoms with van der Waals surface area (Å²) >= 11 is 0. The van der Waals surface area contributed by atoms with E-state index in [0.29, 0.717) is 6.04 Å². The normalized spacial score (nSPS) is 17.7. The zero-order chi connectivity index (χ0) is 11.8. The first-order valence-electron chi connectivity index (χ1n) is 6.36. The number of rotatable bonds is 2. The lowest BCUT2D eigenvalue weighted by atomic mass is 10.1. The number of piperidine rings is 1. The van der Waals surface area contributed by atoms with Gasteiger partial charge in [0.25, 0.3) is 0 Å². The van der Waals surface area contributed by atoms with Gasteiger partial charge >= 0.3 is 0 Å². The number of hydrogen-bond acceptors (Lipinski definition) is 2. The summed E-state index contributed by atoms with van der Waals surface area (Å²) in [5.74, 6) is 0. The molecule has 0 spiro atoms.